The Kier molecular flexibility index (Phi) is 3.81. The number of rotatable bonds is 1. The summed E-state index contributed by atoms with van der Waals surface area (Å²) in [5.41, 5.74) is 5.65. The Balaban J connectivity index is 1.62. The fourth-order valence-electron chi connectivity index (χ4n) is 3.53. The molecule has 0 spiro atoms. The van der Waals surface area contributed by atoms with Crippen LogP contribution in [0.4, 0.5) is 0 Å². The summed E-state index contributed by atoms with van der Waals surface area (Å²) in [7, 11) is 0. The summed E-state index contributed by atoms with van der Waals surface area (Å²) in [6.07, 6.45) is 1.72. The van der Waals surface area contributed by atoms with Crippen molar-refractivity contribution in [2.75, 3.05) is 13.1 Å². The Morgan fingerprint density at radius 1 is 1.12 bits per heavy atom. The minimum absolute atomic E-state index is 0.0197. The van der Waals surface area contributed by atoms with Gasteiger partial charge in [-0.2, -0.15) is 0 Å². The Hall–Kier alpha value is -2.26. The van der Waals surface area contributed by atoms with E-state index in [1.54, 1.807) is 12.1 Å². The number of nitrogens with one attached hydrogen (secondary N) is 1. The fourth-order valence-corrected chi connectivity index (χ4v) is 3.75. The van der Waals surface area contributed by atoms with E-state index in [4.69, 9.17) is 11.6 Å². The molecule has 0 unspecified atom stereocenters. The van der Waals surface area contributed by atoms with Crippen LogP contribution in [0.5, 0.6) is 0 Å². The number of fused-ring (bicyclic) bond motifs is 3. The second kappa shape index (κ2) is 5.99. The third kappa shape index (κ3) is 2.59. The standard InChI is InChI=1S/C20H19ClN2O/c1-13-6-7-18-16(12-13)14-8-10-23(11-9-19(14)22-18)20(24)15-4-2-3-5-17(15)21/h2-7,12,22H,8-11H2,1H3. The Bertz CT molecular complexity index is 929. The highest BCUT2D eigenvalue weighted by Crippen LogP contribution is 2.27. The number of hydrogen-bond acceptors (Lipinski definition) is 1. The quantitative estimate of drug-likeness (QED) is 0.702. The maximum atomic E-state index is 12.8. The lowest BCUT2D eigenvalue weighted by molar-refractivity contribution is 0.0763. The zero-order valence-electron chi connectivity index (χ0n) is 13.6. The van der Waals surface area contributed by atoms with E-state index < -0.39 is 0 Å². The van der Waals surface area contributed by atoms with Gasteiger partial charge < -0.3 is 9.88 Å². The summed E-state index contributed by atoms with van der Waals surface area (Å²) in [4.78, 5) is 18.2. The number of carbonyl (C=O) groups excluding carboxylic acids is 1. The first kappa shape index (κ1) is 15.3. The van der Waals surface area contributed by atoms with E-state index in [0.717, 1.165) is 19.4 Å². The summed E-state index contributed by atoms with van der Waals surface area (Å²) in [5, 5.41) is 1.81. The molecule has 3 nitrogen and oxygen atoms in total. The van der Waals surface area contributed by atoms with Gasteiger partial charge in [-0.15, -0.1) is 0 Å². The molecule has 0 saturated heterocycles. The van der Waals surface area contributed by atoms with Crippen LogP contribution in [0, 0.1) is 6.92 Å². The molecule has 24 heavy (non-hydrogen) atoms. The molecule has 1 aliphatic heterocycles. The summed E-state index contributed by atoms with van der Waals surface area (Å²) in [6.45, 7) is 3.55. The van der Waals surface area contributed by atoms with Gasteiger partial charge in [0.2, 0.25) is 0 Å². The molecule has 2 heterocycles. The van der Waals surface area contributed by atoms with Crippen LogP contribution in [0.2, 0.25) is 5.02 Å². The lowest BCUT2D eigenvalue weighted by atomic mass is 10.1. The van der Waals surface area contributed by atoms with Crippen LogP contribution in [0.3, 0.4) is 0 Å². The van der Waals surface area contributed by atoms with Gasteiger partial charge in [-0.3, -0.25) is 4.79 Å². The highest BCUT2D eigenvalue weighted by molar-refractivity contribution is 6.33. The van der Waals surface area contributed by atoms with Crippen molar-refractivity contribution in [1.29, 1.82) is 0 Å². The number of aromatic amines is 1. The third-order valence-electron chi connectivity index (χ3n) is 4.80. The number of H-pyrrole nitrogens is 1. The van der Waals surface area contributed by atoms with Crippen LogP contribution in [0.25, 0.3) is 10.9 Å². The molecule has 0 saturated carbocycles. The molecule has 1 aliphatic rings. The van der Waals surface area contributed by atoms with E-state index >= 15 is 0 Å². The van der Waals surface area contributed by atoms with Crippen molar-refractivity contribution in [3.63, 3.8) is 0 Å². The number of benzene rings is 2. The number of carbonyl (C=O) groups is 1. The first-order valence-corrected chi connectivity index (χ1v) is 8.65. The molecule has 0 bridgehead atoms. The summed E-state index contributed by atoms with van der Waals surface area (Å²) in [5.74, 6) is 0.0197. The molecule has 0 fully saturated rings. The molecule has 1 N–H and O–H groups in total. The van der Waals surface area contributed by atoms with E-state index in [0.29, 0.717) is 17.1 Å². The molecule has 0 atom stereocenters. The summed E-state index contributed by atoms with van der Waals surface area (Å²) < 4.78 is 0. The summed E-state index contributed by atoms with van der Waals surface area (Å²) in [6, 6.07) is 13.8. The molecule has 3 aromatic rings. The van der Waals surface area contributed by atoms with Crippen molar-refractivity contribution in [1.82, 2.24) is 9.88 Å². The van der Waals surface area contributed by atoms with E-state index in [9.17, 15) is 4.79 Å². The Morgan fingerprint density at radius 2 is 1.92 bits per heavy atom. The average Bonchev–Trinajstić information content (AvgIpc) is 2.78. The van der Waals surface area contributed by atoms with Crippen LogP contribution in [0.15, 0.2) is 42.5 Å². The van der Waals surface area contributed by atoms with Crippen LogP contribution < -0.4 is 0 Å². The van der Waals surface area contributed by atoms with Crippen molar-refractivity contribution in [2.24, 2.45) is 0 Å². The normalized spacial score (nSPS) is 14.5. The molecule has 4 rings (SSSR count). The van der Waals surface area contributed by atoms with Crippen LogP contribution in [0.1, 0.15) is 27.2 Å². The molecule has 1 amide bonds. The first-order valence-electron chi connectivity index (χ1n) is 8.27. The van der Waals surface area contributed by atoms with Gasteiger partial charge in [0.25, 0.3) is 5.91 Å². The maximum Gasteiger partial charge on any atom is 0.255 e. The van der Waals surface area contributed by atoms with Crippen molar-refractivity contribution < 1.29 is 4.79 Å². The van der Waals surface area contributed by atoms with Gasteiger partial charge in [0.05, 0.1) is 10.6 Å². The summed E-state index contributed by atoms with van der Waals surface area (Å²) >= 11 is 6.19. The van der Waals surface area contributed by atoms with E-state index in [2.05, 4.69) is 30.1 Å². The van der Waals surface area contributed by atoms with Crippen molar-refractivity contribution >= 4 is 28.4 Å². The number of hydrogen-bond donors (Lipinski definition) is 1. The highest BCUT2D eigenvalue weighted by Gasteiger charge is 2.23. The minimum atomic E-state index is 0.0197. The van der Waals surface area contributed by atoms with Gasteiger partial charge in [-0.25, -0.2) is 0 Å². The van der Waals surface area contributed by atoms with Crippen LogP contribution in [-0.2, 0) is 12.8 Å². The van der Waals surface area contributed by atoms with E-state index in [1.807, 2.05) is 17.0 Å². The third-order valence-corrected chi connectivity index (χ3v) is 5.13. The smallest absolute Gasteiger partial charge is 0.255 e. The predicted octanol–water partition coefficient (Wildman–Crippen LogP) is 4.37. The molecular weight excluding hydrogens is 320 g/mol. The second-order valence-electron chi connectivity index (χ2n) is 6.40. The van der Waals surface area contributed by atoms with Gasteiger partial charge in [-0.1, -0.05) is 35.4 Å². The fraction of sp³-hybridized carbons (Fsp3) is 0.250. The Labute approximate surface area is 146 Å². The second-order valence-corrected chi connectivity index (χ2v) is 6.81. The monoisotopic (exact) mass is 338 g/mol. The largest absolute Gasteiger partial charge is 0.358 e. The molecule has 1 aromatic heterocycles. The number of aromatic nitrogens is 1. The lowest BCUT2D eigenvalue weighted by Gasteiger charge is -2.21. The minimum Gasteiger partial charge on any atom is -0.358 e. The van der Waals surface area contributed by atoms with E-state index in [1.165, 1.54) is 27.7 Å². The van der Waals surface area contributed by atoms with E-state index in [-0.39, 0.29) is 5.91 Å². The van der Waals surface area contributed by atoms with Gasteiger partial charge in [0.15, 0.2) is 0 Å². The van der Waals surface area contributed by atoms with Gasteiger partial charge in [0.1, 0.15) is 0 Å². The Morgan fingerprint density at radius 3 is 2.75 bits per heavy atom. The van der Waals surface area contributed by atoms with Gasteiger partial charge in [0, 0.05) is 36.1 Å². The number of halogens is 1. The van der Waals surface area contributed by atoms with Gasteiger partial charge >= 0.3 is 0 Å². The van der Waals surface area contributed by atoms with Crippen LogP contribution >= 0.6 is 11.6 Å². The van der Waals surface area contributed by atoms with Crippen molar-refractivity contribution in [3.05, 3.63) is 69.9 Å². The number of amides is 1. The molecular formula is C20H19ClN2O. The molecule has 4 heteroatoms. The predicted molar refractivity (Wildman–Crippen MR) is 97.8 cm³/mol. The van der Waals surface area contributed by atoms with Crippen LogP contribution in [-0.4, -0.2) is 28.9 Å². The molecule has 2 aromatic carbocycles. The van der Waals surface area contributed by atoms with Gasteiger partial charge in [-0.05, 0) is 43.2 Å². The number of nitrogens with zero attached hydrogens (tertiary/aromatic N) is 1. The average molecular weight is 339 g/mol. The topological polar surface area (TPSA) is 36.1 Å². The zero-order chi connectivity index (χ0) is 16.7. The van der Waals surface area contributed by atoms with Crippen molar-refractivity contribution in [2.45, 2.75) is 19.8 Å². The van der Waals surface area contributed by atoms with Crippen molar-refractivity contribution in [3.8, 4) is 0 Å². The lowest BCUT2D eigenvalue weighted by Crippen LogP contribution is -2.33. The SMILES string of the molecule is Cc1ccc2[nH]c3c(c2c1)CCN(C(=O)c1ccccc1Cl)CC3. The maximum absolute atomic E-state index is 12.8. The first-order chi connectivity index (χ1) is 11.6. The number of aryl methyl sites for hydroxylation is 1. The highest BCUT2D eigenvalue weighted by atomic mass is 35.5. The molecule has 0 radical (unpaired) electrons. The molecule has 122 valence electrons. The molecule has 0 aliphatic carbocycles. The zero-order valence-corrected chi connectivity index (χ0v) is 14.4.